The highest BCUT2D eigenvalue weighted by molar-refractivity contribution is 7.80. The first-order valence-electron chi connectivity index (χ1n) is 12.2. The van der Waals surface area contributed by atoms with Gasteiger partial charge in [-0.2, -0.15) is 0 Å². The first kappa shape index (κ1) is 23.3. The quantitative estimate of drug-likeness (QED) is 0.242. The average Bonchev–Trinajstić information content (AvgIpc) is 2.93. The van der Waals surface area contributed by atoms with Crippen LogP contribution in [-0.2, 0) is 0 Å². The van der Waals surface area contributed by atoms with Gasteiger partial charge in [-0.25, -0.2) is 4.44 Å². The molecule has 0 bridgehead atoms. The Morgan fingerprint density at radius 2 is 0.971 bits per heavy atom. The highest BCUT2D eigenvalue weighted by Gasteiger charge is 2.38. The summed E-state index contributed by atoms with van der Waals surface area (Å²) >= 11 is 0. The van der Waals surface area contributed by atoms with Crippen LogP contribution in [0.1, 0.15) is 32.1 Å². The lowest BCUT2D eigenvalue weighted by Gasteiger charge is -2.43. The van der Waals surface area contributed by atoms with Gasteiger partial charge in [0.2, 0.25) is 8.30 Å². The maximum Gasteiger partial charge on any atom is 0.201 e. The molecular formula is C30H31NOP2. The highest BCUT2D eigenvalue weighted by atomic mass is 31.2. The molecule has 4 aromatic rings. The second-order valence-electron chi connectivity index (χ2n) is 8.61. The second-order valence-corrected chi connectivity index (χ2v) is 12.7. The molecule has 1 aliphatic rings. The largest absolute Gasteiger partial charge is 0.453 e. The Kier molecular flexibility index (Phi) is 8.05. The summed E-state index contributed by atoms with van der Waals surface area (Å²) < 4.78 is 9.74. The molecule has 1 saturated carbocycles. The molecule has 0 heterocycles. The van der Waals surface area contributed by atoms with Gasteiger partial charge in [0.15, 0.2) is 0 Å². The van der Waals surface area contributed by atoms with Crippen molar-refractivity contribution < 1.29 is 4.52 Å². The van der Waals surface area contributed by atoms with Crippen LogP contribution in [0.25, 0.3) is 0 Å². The summed E-state index contributed by atoms with van der Waals surface area (Å²) in [7, 11) is -1.80. The standard InChI is InChI=1S/C30H31NOP2/c1-6-16-26(17-7-1)31(33(28-20-10-3-11-21-28)29-22-12-4-13-23-29)34(30-24-14-5-15-25-30)32-27-18-8-2-9-19-27/h2-5,8-15,18-26H,1,6-7,16-17H2. The van der Waals surface area contributed by atoms with Crippen molar-refractivity contribution >= 4 is 32.3 Å². The van der Waals surface area contributed by atoms with Crippen molar-refractivity contribution in [2.75, 3.05) is 0 Å². The van der Waals surface area contributed by atoms with E-state index >= 15 is 0 Å². The first-order valence-corrected chi connectivity index (χ1v) is 14.7. The molecule has 1 fully saturated rings. The Morgan fingerprint density at radius 3 is 1.47 bits per heavy atom. The molecule has 1 aliphatic carbocycles. The van der Waals surface area contributed by atoms with Gasteiger partial charge in [0.05, 0.1) is 0 Å². The van der Waals surface area contributed by atoms with Crippen LogP contribution in [0.15, 0.2) is 121 Å². The van der Waals surface area contributed by atoms with Crippen LogP contribution in [-0.4, -0.2) is 10.5 Å². The van der Waals surface area contributed by atoms with Gasteiger partial charge >= 0.3 is 0 Å². The van der Waals surface area contributed by atoms with Gasteiger partial charge < -0.3 is 4.52 Å². The van der Waals surface area contributed by atoms with E-state index < -0.39 is 16.4 Å². The van der Waals surface area contributed by atoms with Gasteiger partial charge in [0, 0.05) is 19.4 Å². The summed E-state index contributed by atoms with van der Waals surface area (Å²) in [5, 5.41) is 4.04. The van der Waals surface area contributed by atoms with Crippen molar-refractivity contribution in [1.29, 1.82) is 0 Å². The van der Waals surface area contributed by atoms with Crippen molar-refractivity contribution in [3.8, 4) is 5.75 Å². The maximum atomic E-state index is 6.95. The Balaban J connectivity index is 1.67. The highest BCUT2D eigenvalue weighted by Crippen LogP contribution is 2.58. The van der Waals surface area contributed by atoms with E-state index in [1.54, 1.807) is 0 Å². The molecule has 4 heteroatoms. The van der Waals surface area contributed by atoms with Crippen molar-refractivity contribution in [1.82, 2.24) is 4.44 Å². The maximum absolute atomic E-state index is 6.95. The van der Waals surface area contributed by atoms with Crippen LogP contribution in [0.2, 0.25) is 0 Å². The average molecular weight is 484 g/mol. The van der Waals surface area contributed by atoms with Gasteiger partial charge in [0.25, 0.3) is 0 Å². The smallest absolute Gasteiger partial charge is 0.201 e. The van der Waals surface area contributed by atoms with Gasteiger partial charge in [-0.3, -0.25) is 0 Å². The summed E-state index contributed by atoms with van der Waals surface area (Å²) in [4.78, 5) is 0. The molecule has 0 aromatic heterocycles. The normalized spacial score (nSPS) is 15.4. The molecule has 172 valence electrons. The zero-order valence-corrected chi connectivity index (χ0v) is 21.2. The number of hydrogen-bond acceptors (Lipinski definition) is 2. The Labute approximate surface area is 206 Å². The van der Waals surface area contributed by atoms with Crippen LogP contribution in [0.4, 0.5) is 0 Å². The molecule has 1 atom stereocenters. The van der Waals surface area contributed by atoms with E-state index in [4.69, 9.17) is 4.52 Å². The lowest BCUT2D eigenvalue weighted by molar-refractivity contribution is 0.343. The summed E-state index contributed by atoms with van der Waals surface area (Å²) in [5.41, 5.74) is 0. The van der Waals surface area contributed by atoms with Crippen LogP contribution in [0.3, 0.4) is 0 Å². The first-order chi connectivity index (χ1) is 16.9. The Hall–Kier alpha value is -2.50. The van der Waals surface area contributed by atoms with Gasteiger partial charge in [-0.15, -0.1) is 0 Å². The van der Waals surface area contributed by atoms with Crippen molar-refractivity contribution in [3.05, 3.63) is 121 Å². The molecule has 0 radical (unpaired) electrons. The SMILES string of the molecule is c1ccc(OP(c2ccccc2)N(C2CCCCC2)P(c2ccccc2)c2ccccc2)cc1. The van der Waals surface area contributed by atoms with Gasteiger partial charge in [0.1, 0.15) is 5.75 Å². The monoisotopic (exact) mass is 483 g/mol. The fourth-order valence-corrected chi connectivity index (χ4v) is 10.2. The van der Waals surface area contributed by atoms with Crippen molar-refractivity contribution in [3.63, 3.8) is 0 Å². The zero-order valence-electron chi connectivity index (χ0n) is 19.4. The number of nitrogens with zero attached hydrogens (tertiary/aromatic N) is 1. The molecule has 0 N–H and O–H groups in total. The van der Waals surface area contributed by atoms with E-state index in [1.165, 1.54) is 48.0 Å². The summed E-state index contributed by atoms with van der Waals surface area (Å²) in [6.07, 6.45) is 6.36. The molecular weight excluding hydrogens is 452 g/mol. The molecule has 1 unspecified atom stereocenters. The minimum atomic E-state index is -1.04. The van der Waals surface area contributed by atoms with Gasteiger partial charge in [-0.05, 0) is 47.7 Å². The number of para-hydroxylation sites is 1. The minimum absolute atomic E-state index is 0.496. The summed E-state index contributed by atoms with van der Waals surface area (Å²) in [6, 6.07) is 43.9. The molecule has 34 heavy (non-hydrogen) atoms. The van der Waals surface area contributed by atoms with Crippen LogP contribution in [0, 0.1) is 0 Å². The fraction of sp³-hybridized carbons (Fsp3) is 0.200. The van der Waals surface area contributed by atoms with E-state index in [1.807, 2.05) is 0 Å². The van der Waals surface area contributed by atoms with Crippen LogP contribution >= 0.6 is 16.4 Å². The van der Waals surface area contributed by atoms with E-state index in [0.717, 1.165) is 5.75 Å². The third-order valence-electron chi connectivity index (χ3n) is 6.21. The van der Waals surface area contributed by atoms with Crippen LogP contribution < -0.4 is 20.4 Å². The topological polar surface area (TPSA) is 12.5 Å². The lowest BCUT2D eigenvalue weighted by Crippen LogP contribution is -2.38. The molecule has 0 saturated heterocycles. The van der Waals surface area contributed by atoms with Crippen molar-refractivity contribution in [2.45, 2.75) is 38.1 Å². The molecule has 0 spiro atoms. The van der Waals surface area contributed by atoms with E-state index in [0.29, 0.717) is 6.04 Å². The van der Waals surface area contributed by atoms with Gasteiger partial charge in [-0.1, -0.05) is 116 Å². The zero-order chi connectivity index (χ0) is 23.0. The Morgan fingerprint density at radius 1 is 0.529 bits per heavy atom. The Bertz CT molecular complexity index is 1080. The molecule has 0 amide bonds. The van der Waals surface area contributed by atoms with Crippen LogP contribution in [0.5, 0.6) is 5.75 Å². The van der Waals surface area contributed by atoms with E-state index in [9.17, 15) is 0 Å². The summed E-state index contributed by atoms with van der Waals surface area (Å²) in [5.74, 6) is 0.939. The van der Waals surface area contributed by atoms with E-state index in [-0.39, 0.29) is 0 Å². The number of rotatable bonds is 8. The molecule has 4 aromatic carbocycles. The molecule has 2 nitrogen and oxygen atoms in total. The predicted octanol–water partition coefficient (Wildman–Crippen LogP) is 7.39. The lowest BCUT2D eigenvalue weighted by atomic mass is 9.96. The number of benzene rings is 4. The fourth-order valence-electron chi connectivity index (χ4n) is 4.58. The molecule has 5 rings (SSSR count). The second kappa shape index (κ2) is 11.8. The minimum Gasteiger partial charge on any atom is -0.453 e. The third-order valence-corrected chi connectivity index (χ3v) is 11.4. The molecule has 0 aliphatic heterocycles. The van der Waals surface area contributed by atoms with Crippen molar-refractivity contribution in [2.24, 2.45) is 0 Å². The van der Waals surface area contributed by atoms with E-state index in [2.05, 4.69) is 126 Å². The predicted molar refractivity (Wildman–Crippen MR) is 148 cm³/mol. The third kappa shape index (κ3) is 5.59. The number of hydrogen-bond donors (Lipinski definition) is 0. The summed E-state index contributed by atoms with van der Waals surface area (Å²) in [6.45, 7) is 0.